The lowest BCUT2D eigenvalue weighted by atomic mass is 10.0. The van der Waals surface area contributed by atoms with E-state index in [0.29, 0.717) is 21.3 Å². The van der Waals surface area contributed by atoms with Crippen LogP contribution in [-0.4, -0.2) is 12.2 Å². The predicted octanol–water partition coefficient (Wildman–Crippen LogP) is 4.56. The summed E-state index contributed by atoms with van der Waals surface area (Å²) in [5.41, 5.74) is 0.205. The van der Waals surface area contributed by atoms with Crippen LogP contribution >= 0.6 is 15.9 Å². The lowest BCUT2D eigenvalue weighted by Gasteiger charge is -2.14. The molecule has 21 heavy (non-hydrogen) atoms. The summed E-state index contributed by atoms with van der Waals surface area (Å²) < 4.78 is 43.2. The number of methoxy groups -OCH3 is 1. The third kappa shape index (κ3) is 3.57. The molecule has 0 aliphatic heterocycles. The minimum absolute atomic E-state index is 0.389. The van der Waals surface area contributed by atoms with Crippen LogP contribution in [0.25, 0.3) is 0 Å². The molecule has 2 rings (SSSR count). The Morgan fingerprint density at radius 2 is 1.62 bits per heavy atom. The Morgan fingerprint density at radius 1 is 1.05 bits per heavy atom. The molecule has 0 aliphatic rings. The fourth-order valence-corrected chi connectivity index (χ4v) is 2.46. The number of hydrogen-bond acceptors (Lipinski definition) is 2. The van der Waals surface area contributed by atoms with Gasteiger partial charge in [0.2, 0.25) is 0 Å². The maximum atomic E-state index is 12.5. The van der Waals surface area contributed by atoms with Crippen molar-refractivity contribution in [3.05, 3.63) is 63.6 Å². The first kappa shape index (κ1) is 15.9. The number of hydrogen-bond donors (Lipinski definition) is 1. The van der Waals surface area contributed by atoms with Gasteiger partial charge >= 0.3 is 6.18 Å². The fraction of sp³-hybridized carbons (Fsp3) is 0.200. The largest absolute Gasteiger partial charge is 0.496 e. The summed E-state index contributed by atoms with van der Waals surface area (Å²) in [5.74, 6) is 0.610. The molecule has 0 radical (unpaired) electrons. The zero-order chi connectivity index (χ0) is 15.6. The van der Waals surface area contributed by atoms with Gasteiger partial charge in [-0.15, -0.1) is 0 Å². The highest BCUT2D eigenvalue weighted by Gasteiger charge is 2.30. The van der Waals surface area contributed by atoms with Crippen LogP contribution in [0.4, 0.5) is 13.2 Å². The number of aliphatic hydroxyl groups is 1. The summed E-state index contributed by atoms with van der Waals surface area (Å²) in [6.07, 6.45) is -5.39. The molecule has 0 aromatic heterocycles. The Balaban J connectivity index is 2.27. The van der Waals surface area contributed by atoms with Gasteiger partial charge in [0.1, 0.15) is 11.9 Å². The SMILES string of the molecule is COc1ccc(C(O)c2ccc(C(F)(F)F)cc2)cc1Br. The molecule has 112 valence electrons. The quantitative estimate of drug-likeness (QED) is 0.869. The Bertz CT molecular complexity index is 624. The smallest absolute Gasteiger partial charge is 0.416 e. The van der Waals surface area contributed by atoms with Gasteiger partial charge in [-0.1, -0.05) is 18.2 Å². The van der Waals surface area contributed by atoms with Gasteiger partial charge in [-0.3, -0.25) is 0 Å². The average molecular weight is 361 g/mol. The Kier molecular flexibility index (Phi) is 4.58. The van der Waals surface area contributed by atoms with Crippen LogP contribution in [0.3, 0.4) is 0 Å². The van der Waals surface area contributed by atoms with Crippen molar-refractivity contribution in [1.29, 1.82) is 0 Å². The first-order valence-electron chi connectivity index (χ1n) is 6.01. The monoisotopic (exact) mass is 360 g/mol. The third-order valence-electron chi connectivity index (χ3n) is 3.05. The maximum Gasteiger partial charge on any atom is 0.416 e. The van der Waals surface area contributed by atoms with E-state index in [1.807, 2.05) is 0 Å². The summed E-state index contributed by atoms with van der Waals surface area (Å²) >= 11 is 3.30. The van der Waals surface area contributed by atoms with Crippen molar-refractivity contribution < 1.29 is 23.0 Å². The van der Waals surface area contributed by atoms with Gasteiger partial charge in [-0.05, 0) is 51.3 Å². The van der Waals surface area contributed by atoms with Crippen molar-refractivity contribution in [2.45, 2.75) is 12.3 Å². The summed E-state index contributed by atoms with van der Waals surface area (Å²) in [4.78, 5) is 0. The molecule has 2 aromatic rings. The van der Waals surface area contributed by atoms with Crippen molar-refractivity contribution in [2.24, 2.45) is 0 Å². The van der Waals surface area contributed by atoms with E-state index in [4.69, 9.17) is 4.74 Å². The van der Waals surface area contributed by atoms with Crippen LogP contribution in [0, 0.1) is 0 Å². The molecule has 1 atom stereocenters. The number of rotatable bonds is 3. The van der Waals surface area contributed by atoms with Gasteiger partial charge in [0.15, 0.2) is 0 Å². The molecule has 1 N–H and O–H groups in total. The van der Waals surface area contributed by atoms with Crippen molar-refractivity contribution in [3.8, 4) is 5.75 Å². The van der Waals surface area contributed by atoms with Crippen LogP contribution in [0.2, 0.25) is 0 Å². The molecule has 0 saturated heterocycles. The fourth-order valence-electron chi connectivity index (χ4n) is 1.90. The van der Waals surface area contributed by atoms with E-state index in [2.05, 4.69) is 15.9 Å². The summed E-state index contributed by atoms with van der Waals surface area (Å²) in [7, 11) is 1.52. The molecule has 0 bridgehead atoms. The van der Waals surface area contributed by atoms with Crippen LogP contribution in [0.1, 0.15) is 22.8 Å². The van der Waals surface area contributed by atoms with Gasteiger partial charge in [-0.25, -0.2) is 0 Å². The molecule has 1 unspecified atom stereocenters. The highest BCUT2D eigenvalue weighted by Crippen LogP contribution is 2.33. The van der Waals surface area contributed by atoms with Gasteiger partial charge in [0, 0.05) is 0 Å². The van der Waals surface area contributed by atoms with E-state index >= 15 is 0 Å². The molecular formula is C15H12BrF3O2. The molecule has 2 aromatic carbocycles. The Morgan fingerprint density at radius 3 is 2.10 bits per heavy atom. The molecule has 0 spiro atoms. The predicted molar refractivity (Wildman–Crippen MR) is 76.2 cm³/mol. The van der Waals surface area contributed by atoms with Crippen LogP contribution < -0.4 is 4.74 Å². The van der Waals surface area contributed by atoms with Crippen molar-refractivity contribution in [3.63, 3.8) is 0 Å². The van der Waals surface area contributed by atoms with E-state index in [-0.39, 0.29) is 0 Å². The zero-order valence-electron chi connectivity index (χ0n) is 11.0. The highest BCUT2D eigenvalue weighted by molar-refractivity contribution is 9.10. The van der Waals surface area contributed by atoms with Gasteiger partial charge in [0.05, 0.1) is 17.1 Å². The Labute approximate surface area is 128 Å². The number of benzene rings is 2. The standard InChI is InChI=1S/C15H12BrF3O2/c1-21-13-7-4-10(8-12(13)16)14(20)9-2-5-11(6-3-9)15(17,18)19/h2-8,14,20H,1H3. The number of alkyl halides is 3. The lowest BCUT2D eigenvalue weighted by Crippen LogP contribution is -2.06. The van der Waals surface area contributed by atoms with Crippen LogP contribution in [-0.2, 0) is 6.18 Å². The molecule has 6 heteroatoms. The second-order valence-electron chi connectivity index (χ2n) is 4.42. The number of aliphatic hydroxyl groups excluding tert-OH is 1. The van der Waals surface area contributed by atoms with Crippen LogP contribution in [0.15, 0.2) is 46.9 Å². The minimum atomic E-state index is -4.38. The van der Waals surface area contributed by atoms with Gasteiger partial charge < -0.3 is 9.84 Å². The summed E-state index contributed by atoms with van der Waals surface area (Å²) in [6, 6.07) is 9.45. The molecule has 0 amide bonds. The zero-order valence-corrected chi connectivity index (χ0v) is 12.6. The first-order chi connectivity index (χ1) is 9.82. The van der Waals surface area contributed by atoms with E-state index in [9.17, 15) is 18.3 Å². The first-order valence-corrected chi connectivity index (χ1v) is 6.81. The highest BCUT2D eigenvalue weighted by atomic mass is 79.9. The van der Waals surface area contributed by atoms with E-state index in [1.54, 1.807) is 18.2 Å². The molecule has 2 nitrogen and oxygen atoms in total. The molecule has 0 aliphatic carbocycles. The molecular weight excluding hydrogens is 349 g/mol. The van der Waals surface area contributed by atoms with E-state index < -0.39 is 17.8 Å². The van der Waals surface area contributed by atoms with Crippen molar-refractivity contribution >= 4 is 15.9 Å². The second kappa shape index (κ2) is 6.07. The maximum absolute atomic E-state index is 12.5. The molecule has 0 saturated carbocycles. The van der Waals surface area contributed by atoms with E-state index in [0.717, 1.165) is 12.1 Å². The van der Waals surface area contributed by atoms with Crippen molar-refractivity contribution in [1.82, 2.24) is 0 Å². The number of halogens is 4. The average Bonchev–Trinajstić information content (AvgIpc) is 2.45. The summed E-state index contributed by atoms with van der Waals surface area (Å²) in [5, 5.41) is 10.2. The summed E-state index contributed by atoms with van der Waals surface area (Å²) in [6.45, 7) is 0. The van der Waals surface area contributed by atoms with Gasteiger partial charge in [0.25, 0.3) is 0 Å². The normalized spacial score (nSPS) is 13.0. The second-order valence-corrected chi connectivity index (χ2v) is 5.27. The topological polar surface area (TPSA) is 29.5 Å². The van der Waals surface area contributed by atoms with Crippen molar-refractivity contribution in [2.75, 3.05) is 7.11 Å². The third-order valence-corrected chi connectivity index (χ3v) is 3.67. The number of ether oxygens (including phenoxy) is 1. The van der Waals surface area contributed by atoms with E-state index in [1.165, 1.54) is 19.2 Å². The minimum Gasteiger partial charge on any atom is -0.496 e. The molecule has 0 fully saturated rings. The molecule has 0 heterocycles. The Hall–Kier alpha value is -1.53. The lowest BCUT2D eigenvalue weighted by molar-refractivity contribution is -0.137. The van der Waals surface area contributed by atoms with Crippen LogP contribution in [0.5, 0.6) is 5.75 Å². The van der Waals surface area contributed by atoms with Gasteiger partial charge in [-0.2, -0.15) is 13.2 Å².